The van der Waals surface area contributed by atoms with Crippen LogP contribution in [-0.4, -0.2) is 11.6 Å². The van der Waals surface area contributed by atoms with Crippen LogP contribution in [0.3, 0.4) is 0 Å². The van der Waals surface area contributed by atoms with Crippen molar-refractivity contribution in [1.29, 1.82) is 0 Å². The van der Waals surface area contributed by atoms with Crippen LogP contribution in [0.5, 0.6) is 5.75 Å². The summed E-state index contributed by atoms with van der Waals surface area (Å²) in [5, 5.41) is 0. The van der Waals surface area contributed by atoms with Crippen LogP contribution in [0, 0.1) is 5.92 Å². The summed E-state index contributed by atoms with van der Waals surface area (Å²) >= 11 is 0. The van der Waals surface area contributed by atoms with Gasteiger partial charge in [0.05, 0.1) is 6.61 Å². The van der Waals surface area contributed by atoms with Crippen LogP contribution in [0.15, 0.2) is 48.9 Å². The molecule has 2 N–H and O–H groups in total. The number of benzene rings is 1. The normalized spacial score (nSPS) is 12.7. The van der Waals surface area contributed by atoms with Crippen molar-refractivity contribution < 1.29 is 4.74 Å². The van der Waals surface area contributed by atoms with E-state index in [0.717, 1.165) is 53.2 Å². The zero-order valence-electron chi connectivity index (χ0n) is 17.1. The van der Waals surface area contributed by atoms with E-state index in [-0.39, 0.29) is 0 Å². The van der Waals surface area contributed by atoms with Crippen molar-refractivity contribution in [1.82, 2.24) is 4.98 Å². The zero-order valence-corrected chi connectivity index (χ0v) is 17.1. The molecule has 1 atom stereocenters. The number of hydrogen-bond acceptors (Lipinski definition) is 3. The highest BCUT2D eigenvalue weighted by Gasteiger charge is 2.11. The highest BCUT2D eigenvalue weighted by Crippen LogP contribution is 2.30. The Labute approximate surface area is 164 Å². The SMILES string of the molecule is C=C(c1ccc(OCCC(C)CC)c(CC)c1)c1ccncc1/C=C(\C)N. The minimum atomic E-state index is 0.693. The standard InChI is InChI=1S/C24H32N2O/c1-6-17(3)11-13-27-24-9-8-21(15-20(24)7-2)19(5)23-10-12-26-16-22(23)14-18(4)25/h8-10,12,14-17H,5-7,11,13,25H2,1-4H3/b18-14+. The van der Waals surface area contributed by atoms with Crippen molar-refractivity contribution in [2.75, 3.05) is 6.61 Å². The molecule has 0 spiro atoms. The van der Waals surface area contributed by atoms with Crippen LogP contribution in [-0.2, 0) is 6.42 Å². The van der Waals surface area contributed by atoms with Gasteiger partial charge in [-0.1, -0.05) is 39.8 Å². The molecule has 0 aliphatic carbocycles. The van der Waals surface area contributed by atoms with Crippen LogP contribution in [0.4, 0.5) is 0 Å². The first-order chi connectivity index (χ1) is 13.0. The Kier molecular flexibility index (Phi) is 7.66. The van der Waals surface area contributed by atoms with Crippen LogP contribution in [0.1, 0.15) is 62.8 Å². The molecule has 0 saturated carbocycles. The number of rotatable bonds is 9. The molecule has 3 nitrogen and oxygen atoms in total. The molecule has 0 aliphatic heterocycles. The Morgan fingerprint density at radius 2 is 2.07 bits per heavy atom. The quantitative estimate of drug-likeness (QED) is 0.608. The third kappa shape index (κ3) is 5.72. The maximum absolute atomic E-state index is 6.05. The number of nitrogens with zero attached hydrogens (tertiary/aromatic N) is 1. The predicted molar refractivity (Wildman–Crippen MR) is 116 cm³/mol. The predicted octanol–water partition coefficient (Wildman–Crippen LogP) is 5.84. The second-order valence-electron chi connectivity index (χ2n) is 7.16. The van der Waals surface area contributed by atoms with Crippen LogP contribution >= 0.6 is 0 Å². The Hall–Kier alpha value is -2.55. The molecule has 0 saturated heterocycles. The number of pyridine rings is 1. The van der Waals surface area contributed by atoms with Crippen molar-refractivity contribution >= 4 is 11.6 Å². The van der Waals surface area contributed by atoms with Crippen LogP contribution in [0.2, 0.25) is 0 Å². The maximum Gasteiger partial charge on any atom is 0.122 e. The fourth-order valence-electron chi connectivity index (χ4n) is 2.96. The molecule has 1 unspecified atom stereocenters. The highest BCUT2D eigenvalue weighted by molar-refractivity contribution is 5.83. The average molecular weight is 365 g/mol. The number of nitrogens with two attached hydrogens (primary N) is 1. The molecule has 0 bridgehead atoms. The second kappa shape index (κ2) is 9.96. The first kappa shape index (κ1) is 20.8. The minimum absolute atomic E-state index is 0.693. The van der Waals surface area contributed by atoms with E-state index in [2.05, 4.69) is 50.5 Å². The van der Waals surface area contributed by atoms with Gasteiger partial charge in [-0.25, -0.2) is 0 Å². The number of aryl methyl sites for hydroxylation is 1. The lowest BCUT2D eigenvalue weighted by Gasteiger charge is -2.16. The summed E-state index contributed by atoms with van der Waals surface area (Å²) < 4.78 is 6.05. The molecule has 1 aromatic heterocycles. The molecule has 2 aromatic rings. The first-order valence-electron chi connectivity index (χ1n) is 9.79. The Bertz CT molecular complexity index is 804. The molecule has 0 radical (unpaired) electrons. The summed E-state index contributed by atoms with van der Waals surface area (Å²) in [5.74, 6) is 1.67. The Morgan fingerprint density at radius 1 is 1.30 bits per heavy atom. The molecule has 1 aromatic carbocycles. The van der Waals surface area contributed by atoms with Crippen molar-refractivity contribution in [3.8, 4) is 5.75 Å². The smallest absolute Gasteiger partial charge is 0.122 e. The fourth-order valence-corrected chi connectivity index (χ4v) is 2.96. The first-order valence-corrected chi connectivity index (χ1v) is 9.79. The van der Waals surface area contributed by atoms with Gasteiger partial charge in [-0.15, -0.1) is 0 Å². The van der Waals surface area contributed by atoms with Gasteiger partial charge in [0, 0.05) is 23.7 Å². The van der Waals surface area contributed by atoms with Gasteiger partial charge >= 0.3 is 0 Å². The third-order valence-electron chi connectivity index (χ3n) is 4.92. The van der Waals surface area contributed by atoms with Crippen LogP contribution in [0.25, 0.3) is 11.6 Å². The molecule has 3 heteroatoms. The molecule has 144 valence electrons. The summed E-state index contributed by atoms with van der Waals surface area (Å²) in [6.07, 6.45) is 8.74. The lowest BCUT2D eigenvalue weighted by Crippen LogP contribution is -2.05. The van der Waals surface area contributed by atoms with Gasteiger partial charge < -0.3 is 10.5 Å². The van der Waals surface area contributed by atoms with Crippen molar-refractivity contribution in [2.45, 2.75) is 47.0 Å². The van der Waals surface area contributed by atoms with Gasteiger partial charge in [-0.2, -0.15) is 0 Å². The largest absolute Gasteiger partial charge is 0.493 e. The highest BCUT2D eigenvalue weighted by atomic mass is 16.5. The summed E-state index contributed by atoms with van der Waals surface area (Å²) in [6.45, 7) is 13.6. The number of aromatic nitrogens is 1. The fraction of sp³-hybridized carbons (Fsp3) is 0.375. The van der Waals surface area contributed by atoms with Gasteiger partial charge in [0.2, 0.25) is 0 Å². The van der Waals surface area contributed by atoms with Gasteiger partial charge in [0.25, 0.3) is 0 Å². The van der Waals surface area contributed by atoms with Crippen molar-refractivity contribution in [2.24, 2.45) is 11.7 Å². The Balaban J connectivity index is 2.25. The second-order valence-corrected chi connectivity index (χ2v) is 7.16. The lowest BCUT2D eigenvalue weighted by molar-refractivity contribution is 0.279. The topological polar surface area (TPSA) is 48.1 Å². The van der Waals surface area contributed by atoms with Gasteiger partial charge in [0.15, 0.2) is 0 Å². The molecule has 1 heterocycles. The molecular formula is C24H32N2O. The summed E-state index contributed by atoms with van der Waals surface area (Å²) in [4.78, 5) is 4.22. The molecule has 0 aliphatic rings. The average Bonchev–Trinajstić information content (AvgIpc) is 2.67. The Morgan fingerprint density at radius 3 is 2.74 bits per heavy atom. The van der Waals surface area contributed by atoms with E-state index in [4.69, 9.17) is 10.5 Å². The maximum atomic E-state index is 6.05. The van der Waals surface area contributed by atoms with Crippen LogP contribution < -0.4 is 10.5 Å². The summed E-state index contributed by atoms with van der Waals surface area (Å²) in [6, 6.07) is 8.33. The minimum Gasteiger partial charge on any atom is -0.493 e. The van der Waals surface area contributed by atoms with Gasteiger partial charge in [0.1, 0.15) is 5.75 Å². The molecular weight excluding hydrogens is 332 g/mol. The van der Waals surface area contributed by atoms with E-state index in [1.54, 1.807) is 6.20 Å². The number of hydrogen-bond donors (Lipinski definition) is 1. The monoisotopic (exact) mass is 364 g/mol. The van der Waals surface area contributed by atoms with E-state index >= 15 is 0 Å². The summed E-state index contributed by atoms with van der Waals surface area (Å²) in [7, 11) is 0. The zero-order chi connectivity index (χ0) is 19.8. The van der Waals surface area contributed by atoms with E-state index in [9.17, 15) is 0 Å². The van der Waals surface area contributed by atoms with E-state index < -0.39 is 0 Å². The van der Waals surface area contributed by atoms with E-state index in [1.165, 1.54) is 12.0 Å². The van der Waals surface area contributed by atoms with E-state index in [0.29, 0.717) is 5.92 Å². The van der Waals surface area contributed by atoms with Crippen molar-refractivity contribution in [3.63, 3.8) is 0 Å². The third-order valence-corrected chi connectivity index (χ3v) is 4.92. The van der Waals surface area contributed by atoms with Gasteiger partial charge in [-0.3, -0.25) is 4.98 Å². The number of allylic oxidation sites excluding steroid dienone is 1. The van der Waals surface area contributed by atoms with Crippen molar-refractivity contribution in [3.05, 3.63) is 71.2 Å². The van der Waals surface area contributed by atoms with Gasteiger partial charge in [-0.05, 0) is 72.2 Å². The molecule has 0 fully saturated rings. The molecule has 2 rings (SSSR count). The molecule has 27 heavy (non-hydrogen) atoms. The van der Waals surface area contributed by atoms with E-state index in [1.807, 2.05) is 25.3 Å². The lowest BCUT2D eigenvalue weighted by atomic mass is 9.94. The summed E-state index contributed by atoms with van der Waals surface area (Å²) in [5.41, 5.74) is 11.9. The number of ether oxygens (including phenoxy) is 1. The molecule has 0 amide bonds.